The van der Waals surface area contributed by atoms with Gasteiger partial charge < -0.3 is 26.4 Å². The first kappa shape index (κ1) is 18.8. The Morgan fingerprint density at radius 1 is 1.12 bits per heavy atom. The molecule has 6 nitrogen and oxygen atoms in total. The average Bonchev–Trinajstić information content (AvgIpc) is 2.60. The van der Waals surface area contributed by atoms with Crippen molar-refractivity contribution in [2.75, 3.05) is 6.54 Å². The fourth-order valence-electron chi connectivity index (χ4n) is 2.50. The van der Waals surface area contributed by atoms with Crippen LogP contribution in [0, 0.1) is 0 Å². The van der Waals surface area contributed by atoms with E-state index in [0.717, 1.165) is 18.4 Å². The number of hydrogen-bond acceptors (Lipinski definition) is 5. The van der Waals surface area contributed by atoms with Crippen molar-refractivity contribution < 1.29 is 20.1 Å². The van der Waals surface area contributed by atoms with E-state index in [-0.39, 0.29) is 17.5 Å². The number of aromatic hydroxyl groups is 2. The number of phenols is 2. The first-order valence-electron chi connectivity index (χ1n) is 8.19. The van der Waals surface area contributed by atoms with Crippen LogP contribution in [0.4, 0.5) is 0 Å². The van der Waals surface area contributed by atoms with E-state index in [2.05, 4.69) is 5.32 Å². The van der Waals surface area contributed by atoms with Crippen molar-refractivity contribution in [3.63, 3.8) is 0 Å². The Morgan fingerprint density at radius 3 is 2.40 bits per heavy atom. The van der Waals surface area contributed by atoms with Crippen LogP contribution in [0.2, 0.25) is 0 Å². The smallest absolute Gasteiger partial charge is 0.248 e. The van der Waals surface area contributed by atoms with Gasteiger partial charge in [0.2, 0.25) is 5.91 Å². The van der Waals surface area contributed by atoms with E-state index >= 15 is 0 Å². The van der Waals surface area contributed by atoms with Gasteiger partial charge in [0.15, 0.2) is 11.5 Å². The zero-order chi connectivity index (χ0) is 18.4. The zero-order valence-electron chi connectivity index (χ0n) is 14.1. The van der Waals surface area contributed by atoms with Crippen LogP contribution in [-0.2, 0) is 6.42 Å². The van der Waals surface area contributed by atoms with Crippen molar-refractivity contribution in [3.8, 4) is 11.5 Å². The minimum absolute atomic E-state index is 0.177. The van der Waals surface area contributed by atoms with Gasteiger partial charge in [-0.1, -0.05) is 18.2 Å². The second-order valence-electron chi connectivity index (χ2n) is 6.17. The van der Waals surface area contributed by atoms with Gasteiger partial charge in [-0.05, 0) is 55.2 Å². The number of primary amides is 1. The fraction of sp³-hybridized carbons (Fsp3) is 0.316. The molecule has 134 valence electrons. The van der Waals surface area contributed by atoms with Crippen LogP contribution in [0.1, 0.15) is 40.9 Å². The SMILES string of the molecule is C[C@@H](CCc1ccc(C(N)=O)cc1)NC[C@H](O)c1ccc(O)c(O)c1. The van der Waals surface area contributed by atoms with Crippen molar-refractivity contribution in [2.24, 2.45) is 5.73 Å². The summed E-state index contributed by atoms with van der Waals surface area (Å²) in [6, 6.07) is 11.7. The Kier molecular flexibility index (Phi) is 6.38. The largest absolute Gasteiger partial charge is 0.504 e. The van der Waals surface area contributed by atoms with Gasteiger partial charge in [-0.3, -0.25) is 4.79 Å². The molecule has 1 amide bonds. The Bertz CT molecular complexity index is 716. The number of phenolic OH excluding ortho intramolecular Hbond substituents is 2. The number of amides is 1. The predicted molar refractivity (Wildman–Crippen MR) is 95.5 cm³/mol. The molecule has 2 rings (SSSR count). The number of rotatable bonds is 8. The quantitative estimate of drug-likeness (QED) is 0.469. The summed E-state index contributed by atoms with van der Waals surface area (Å²) in [5.74, 6) is -0.889. The lowest BCUT2D eigenvalue weighted by Gasteiger charge is -2.18. The maximum atomic E-state index is 11.0. The highest BCUT2D eigenvalue weighted by molar-refractivity contribution is 5.92. The third-order valence-electron chi connectivity index (χ3n) is 4.15. The van der Waals surface area contributed by atoms with E-state index in [9.17, 15) is 20.1 Å². The summed E-state index contributed by atoms with van der Waals surface area (Å²) in [6.07, 6.45) is 0.927. The van der Waals surface area contributed by atoms with Gasteiger partial charge in [-0.2, -0.15) is 0 Å². The molecule has 0 radical (unpaired) electrons. The summed E-state index contributed by atoms with van der Waals surface area (Å²) < 4.78 is 0. The van der Waals surface area contributed by atoms with Gasteiger partial charge in [0.1, 0.15) is 0 Å². The summed E-state index contributed by atoms with van der Waals surface area (Å²) in [5, 5.41) is 32.2. The van der Waals surface area contributed by atoms with Gasteiger partial charge in [0, 0.05) is 18.2 Å². The summed E-state index contributed by atoms with van der Waals surface area (Å²) in [6.45, 7) is 2.37. The maximum absolute atomic E-state index is 11.0. The van der Waals surface area contributed by atoms with E-state index in [0.29, 0.717) is 17.7 Å². The molecule has 0 aliphatic rings. The number of aliphatic hydroxyl groups excluding tert-OH is 1. The Balaban J connectivity index is 1.78. The van der Waals surface area contributed by atoms with Crippen LogP contribution in [0.3, 0.4) is 0 Å². The lowest BCUT2D eigenvalue weighted by atomic mass is 10.0. The van der Waals surface area contributed by atoms with E-state index in [1.807, 2.05) is 19.1 Å². The van der Waals surface area contributed by atoms with Crippen molar-refractivity contribution in [2.45, 2.75) is 31.9 Å². The zero-order valence-corrected chi connectivity index (χ0v) is 14.1. The topological polar surface area (TPSA) is 116 Å². The molecular weight excluding hydrogens is 320 g/mol. The molecule has 0 saturated heterocycles. The molecule has 0 unspecified atom stereocenters. The fourth-order valence-corrected chi connectivity index (χ4v) is 2.50. The number of carbonyl (C=O) groups excluding carboxylic acids is 1. The van der Waals surface area contributed by atoms with Crippen molar-refractivity contribution in [1.82, 2.24) is 5.32 Å². The Hall–Kier alpha value is -2.57. The Morgan fingerprint density at radius 2 is 1.80 bits per heavy atom. The molecule has 2 aromatic carbocycles. The molecule has 0 aliphatic carbocycles. The van der Waals surface area contributed by atoms with Gasteiger partial charge in [-0.15, -0.1) is 0 Å². The molecule has 6 N–H and O–H groups in total. The second-order valence-corrected chi connectivity index (χ2v) is 6.17. The second kappa shape index (κ2) is 8.50. The summed E-state index contributed by atoms with van der Waals surface area (Å²) in [4.78, 5) is 11.0. The summed E-state index contributed by atoms with van der Waals surface area (Å²) in [5.41, 5.74) is 7.37. The van der Waals surface area contributed by atoms with Gasteiger partial charge in [0.05, 0.1) is 6.10 Å². The molecular formula is C19H24N2O4. The first-order valence-corrected chi connectivity index (χ1v) is 8.19. The number of hydrogen-bond donors (Lipinski definition) is 5. The van der Waals surface area contributed by atoms with E-state index in [1.54, 1.807) is 18.2 Å². The molecule has 0 aliphatic heterocycles. The average molecular weight is 344 g/mol. The van der Waals surface area contributed by atoms with Crippen LogP contribution in [0.5, 0.6) is 11.5 Å². The molecule has 2 aromatic rings. The highest BCUT2D eigenvalue weighted by Gasteiger charge is 2.12. The van der Waals surface area contributed by atoms with E-state index in [1.165, 1.54) is 12.1 Å². The van der Waals surface area contributed by atoms with Gasteiger partial charge in [-0.25, -0.2) is 0 Å². The molecule has 2 atom stereocenters. The number of nitrogens with two attached hydrogens (primary N) is 1. The number of aliphatic hydroxyl groups is 1. The number of aryl methyl sites for hydroxylation is 1. The lowest BCUT2D eigenvalue weighted by Crippen LogP contribution is -2.30. The molecule has 0 fully saturated rings. The molecule has 0 heterocycles. The minimum atomic E-state index is -0.774. The number of nitrogens with one attached hydrogen (secondary N) is 1. The minimum Gasteiger partial charge on any atom is -0.504 e. The van der Waals surface area contributed by atoms with Crippen LogP contribution in [-0.4, -0.2) is 33.8 Å². The van der Waals surface area contributed by atoms with Crippen LogP contribution in [0.15, 0.2) is 42.5 Å². The highest BCUT2D eigenvalue weighted by Crippen LogP contribution is 2.27. The van der Waals surface area contributed by atoms with E-state index in [4.69, 9.17) is 5.73 Å². The van der Waals surface area contributed by atoms with E-state index < -0.39 is 12.0 Å². The number of benzene rings is 2. The molecule has 0 aromatic heterocycles. The van der Waals surface area contributed by atoms with Gasteiger partial charge >= 0.3 is 0 Å². The van der Waals surface area contributed by atoms with Crippen molar-refractivity contribution >= 4 is 5.91 Å². The van der Waals surface area contributed by atoms with Crippen molar-refractivity contribution in [1.29, 1.82) is 0 Å². The van der Waals surface area contributed by atoms with Gasteiger partial charge in [0.25, 0.3) is 0 Å². The third kappa shape index (κ3) is 5.48. The monoisotopic (exact) mass is 344 g/mol. The predicted octanol–water partition coefficient (Wildman–Crippen LogP) is 1.84. The highest BCUT2D eigenvalue weighted by atomic mass is 16.3. The maximum Gasteiger partial charge on any atom is 0.248 e. The first-order chi connectivity index (χ1) is 11.9. The number of carbonyl (C=O) groups is 1. The standard InChI is InChI=1S/C19H24N2O4/c1-12(2-3-13-4-6-14(7-5-13)19(20)25)21-11-18(24)15-8-9-16(22)17(23)10-15/h4-10,12,18,21-24H,2-3,11H2,1H3,(H2,20,25)/t12-,18-/m0/s1. The molecule has 6 heteroatoms. The van der Waals surface area contributed by atoms with Crippen LogP contribution < -0.4 is 11.1 Å². The van der Waals surface area contributed by atoms with Crippen LogP contribution >= 0.6 is 0 Å². The third-order valence-corrected chi connectivity index (χ3v) is 4.15. The molecule has 0 saturated carbocycles. The molecule has 25 heavy (non-hydrogen) atoms. The van der Waals surface area contributed by atoms with Crippen LogP contribution in [0.25, 0.3) is 0 Å². The molecule has 0 spiro atoms. The summed E-state index contributed by atoms with van der Waals surface area (Å²) in [7, 11) is 0. The molecule has 0 bridgehead atoms. The normalized spacial score (nSPS) is 13.4. The lowest BCUT2D eigenvalue weighted by molar-refractivity contribution is 0.1000. The van der Waals surface area contributed by atoms with Crippen molar-refractivity contribution in [3.05, 3.63) is 59.2 Å². The Labute approximate surface area is 146 Å². The summed E-state index contributed by atoms with van der Waals surface area (Å²) >= 11 is 0.